The van der Waals surface area contributed by atoms with Crippen LogP contribution in [0, 0.1) is 25.2 Å². The number of nitrogens with one attached hydrogen (secondary N) is 1. The molecular weight excluding hydrogens is 462 g/mol. The van der Waals surface area contributed by atoms with Crippen LogP contribution in [0.4, 0.5) is 5.69 Å². The van der Waals surface area contributed by atoms with Crippen LogP contribution in [0.15, 0.2) is 83.9 Å². The summed E-state index contributed by atoms with van der Waals surface area (Å²) < 4.78 is 0. The van der Waals surface area contributed by atoms with E-state index in [0.717, 1.165) is 33.5 Å². The predicted molar refractivity (Wildman–Crippen MR) is 140 cm³/mol. The van der Waals surface area contributed by atoms with Crippen LogP contribution in [0.3, 0.4) is 0 Å². The number of carbonyl (C=O) groups excluding carboxylic acids is 1. The van der Waals surface area contributed by atoms with Gasteiger partial charge in [-0.3, -0.25) is 4.79 Å². The number of nitriles is 1. The summed E-state index contributed by atoms with van der Waals surface area (Å²) in [4.78, 5) is 17.4. The third-order valence-electron chi connectivity index (χ3n) is 5.33. The SMILES string of the molecule is Cc1ccc(-c2cc(-c3ccccc3)c(C#N)c(SCC(=O)Nc3ccc(C)c(Cl)c3)n2)cc1. The molecule has 0 atom stereocenters. The lowest BCUT2D eigenvalue weighted by Crippen LogP contribution is -2.14. The first-order valence-corrected chi connectivity index (χ1v) is 12.1. The predicted octanol–water partition coefficient (Wildman–Crippen LogP) is 7.29. The average molecular weight is 484 g/mol. The van der Waals surface area contributed by atoms with Gasteiger partial charge in [0.2, 0.25) is 5.91 Å². The van der Waals surface area contributed by atoms with Gasteiger partial charge in [-0.15, -0.1) is 0 Å². The van der Waals surface area contributed by atoms with Crippen molar-refractivity contribution in [2.75, 3.05) is 11.1 Å². The molecule has 0 saturated carbocycles. The number of halogens is 1. The lowest BCUT2D eigenvalue weighted by atomic mass is 9.99. The maximum absolute atomic E-state index is 12.6. The zero-order valence-corrected chi connectivity index (χ0v) is 20.4. The maximum Gasteiger partial charge on any atom is 0.234 e. The first kappa shape index (κ1) is 23.6. The number of thioether (sulfide) groups is 1. The van der Waals surface area contributed by atoms with Gasteiger partial charge in [-0.05, 0) is 43.2 Å². The van der Waals surface area contributed by atoms with Gasteiger partial charge < -0.3 is 5.32 Å². The normalized spacial score (nSPS) is 10.5. The minimum Gasteiger partial charge on any atom is -0.325 e. The number of nitrogens with zero attached hydrogens (tertiary/aromatic N) is 2. The standard InChI is InChI=1S/C28H22ClN3OS/c1-18-8-11-21(12-9-18)26-15-23(20-6-4-3-5-7-20)24(16-30)28(32-26)34-17-27(33)31-22-13-10-19(2)25(29)14-22/h3-15H,17H2,1-2H3,(H,31,33). The van der Waals surface area contributed by atoms with E-state index in [9.17, 15) is 10.1 Å². The third-order valence-corrected chi connectivity index (χ3v) is 6.71. The number of aromatic nitrogens is 1. The van der Waals surface area contributed by atoms with Crippen LogP contribution in [0.5, 0.6) is 0 Å². The summed E-state index contributed by atoms with van der Waals surface area (Å²) in [7, 11) is 0. The Kier molecular flexibility index (Phi) is 7.32. The summed E-state index contributed by atoms with van der Waals surface area (Å²) in [6.45, 7) is 3.94. The molecule has 0 fully saturated rings. The second-order valence-electron chi connectivity index (χ2n) is 7.88. The van der Waals surface area contributed by atoms with Gasteiger partial charge in [-0.2, -0.15) is 5.26 Å². The lowest BCUT2D eigenvalue weighted by Gasteiger charge is -2.13. The Balaban J connectivity index is 1.66. The Morgan fingerprint density at radius 3 is 2.41 bits per heavy atom. The van der Waals surface area contributed by atoms with Crippen molar-refractivity contribution >= 4 is 35.0 Å². The molecule has 168 valence electrons. The molecule has 0 aliphatic carbocycles. The molecule has 0 bridgehead atoms. The van der Waals surface area contributed by atoms with E-state index < -0.39 is 0 Å². The number of aryl methyl sites for hydroxylation is 2. The fraction of sp³-hybridized carbons (Fsp3) is 0.107. The van der Waals surface area contributed by atoms with Gasteiger partial charge in [0.05, 0.1) is 17.0 Å². The van der Waals surface area contributed by atoms with Crippen LogP contribution in [-0.2, 0) is 4.79 Å². The molecule has 3 aromatic carbocycles. The highest BCUT2D eigenvalue weighted by atomic mass is 35.5. The topological polar surface area (TPSA) is 65.8 Å². The molecule has 0 spiro atoms. The van der Waals surface area contributed by atoms with Crippen molar-refractivity contribution in [3.63, 3.8) is 0 Å². The van der Waals surface area contributed by atoms with Gasteiger partial charge in [-0.1, -0.05) is 89.6 Å². The van der Waals surface area contributed by atoms with E-state index in [1.165, 1.54) is 11.8 Å². The molecule has 1 amide bonds. The summed E-state index contributed by atoms with van der Waals surface area (Å²) in [5, 5.41) is 14.0. The third kappa shape index (κ3) is 5.48. The maximum atomic E-state index is 12.6. The molecule has 0 aliphatic rings. The summed E-state index contributed by atoms with van der Waals surface area (Å²) in [5.41, 5.74) is 6.61. The van der Waals surface area contributed by atoms with Crippen molar-refractivity contribution in [2.45, 2.75) is 18.9 Å². The van der Waals surface area contributed by atoms with Crippen LogP contribution >= 0.6 is 23.4 Å². The summed E-state index contributed by atoms with van der Waals surface area (Å²) in [6, 6.07) is 27.5. The van der Waals surface area contributed by atoms with Crippen molar-refractivity contribution in [3.05, 3.63) is 101 Å². The molecule has 1 aromatic heterocycles. The molecule has 6 heteroatoms. The van der Waals surface area contributed by atoms with Crippen LogP contribution < -0.4 is 5.32 Å². The number of hydrogen-bond donors (Lipinski definition) is 1. The zero-order chi connectivity index (χ0) is 24.1. The Hall–Kier alpha value is -3.59. The fourth-order valence-corrected chi connectivity index (χ4v) is 4.44. The highest BCUT2D eigenvalue weighted by Gasteiger charge is 2.17. The molecule has 34 heavy (non-hydrogen) atoms. The summed E-state index contributed by atoms with van der Waals surface area (Å²) >= 11 is 7.42. The Morgan fingerprint density at radius 1 is 1.00 bits per heavy atom. The van der Waals surface area contributed by atoms with Crippen LogP contribution in [-0.4, -0.2) is 16.6 Å². The summed E-state index contributed by atoms with van der Waals surface area (Å²) in [5.74, 6) is -0.0868. The Morgan fingerprint density at radius 2 is 1.74 bits per heavy atom. The van der Waals surface area contributed by atoms with Gasteiger partial charge in [0.1, 0.15) is 11.1 Å². The second kappa shape index (κ2) is 10.6. The van der Waals surface area contributed by atoms with Crippen LogP contribution in [0.25, 0.3) is 22.4 Å². The van der Waals surface area contributed by atoms with E-state index in [2.05, 4.69) is 11.4 Å². The lowest BCUT2D eigenvalue weighted by molar-refractivity contribution is -0.113. The van der Waals surface area contributed by atoms with Crippen LogP contribution in [0.1, 0.15) is 16.7 Å². The highest BCUT2D eigenvalue weighted by molar-refractivity contribution is 8.00. The number of benzene rings is 3. The van der Waals surface area contributed by atoms with Crippen molar-refractivity contribution in [3.8, 4) is 28.5 Å². The van der Waals surface area contributed by atoms with E-state index in [-0.39, 0.29) is 11.7 Å². The van der Waals surface area contributed by atoms with Gasteiger partial charge in [-0.25, -0.2) is 4.98 Å². The van der Waals surface area contributed by atoms with Crippen LogP contribution in [0.2, 0.25) is 5.02 Å². The molecule has 4 rings (SSSR count). The largest absolute Gasteiger partial charge is 0.325 e. The van der Waals surface area contributed by atoms with E-state index >= 15 is 0 Å². The summed E-state index contributed by atoms with van der Waals surface area (Å²) in [6.07, 6.45) is 0. The van der Waals surface area contributed by atoms with Gasteiger partial charge >= 0.3 is 0 Å². The number of amides is 1. The fourth-order valence-electron chi connectivity index (χ4n) is 3.45. The molecule has 4 aromatic rings. The zero-order valence-electron chi connectivity index (χ0n) is 18.8. The van der Waals surface area contributed by atoms with Crippen molar-refractivity contribution < 1.29 is 4.79 Å². The van der Waals surface area contributed by atoms with Gasteiger partial charge in [0, 0.05) is 21.8 Å². The number of carbonyl (C=O) groups is 1. The number of pyridine rings is 1. The second-order valence-corrected chi connectivity index (χ2v) is 9.25. The average Bonchev–Trinajstić information content (AvgIpc) is 2.85. The molecular formula is C28H22ClN3OS. The van der Waals surface area contributed by atoms with Crippen molar-refractivity contribution in [1.82, 2.24) is 4.98 Å². The minimum absolute atomic E-state index is 0.110. The molecule has 1 N–H and O–H groups in total. The smallest absolute Gasteiger partial charge is 0.234 e. The number of rotatable bonds is 6. The first-order valence-electron chi connectivity index (χ1n) is 10.7. The monoisotopic (exact) mass is 483 g/mol. The molecule has 0 unspecified atom stereocenters. The van der Waals surface area contributed by atoms with Crippen molar-refractivity contribution in [2.24, 2.45) is 0 Å². The van der Waals surface area contributed by atoms with Crippen molar-refractivity contribution in [1.29, 1.82) is 5.26 Å². The van der Waals surface area contributed by atoms with Gasteiger partial charge in [0.25, 0.3) is 0 Å². The molecule has 4 nitrogen and oxygen atoms in total. The highest BCUT2D eigenvalue weighted by Crippen LogP contribution is 2.34. The Bertz CT molecular complexity index is 1380. The van der Waals surface area contributed by atoms with Gasteiger partial charge in [0.15, 0.2) is 0 Å². The van der Waals surface area contributed by atoms with E-state index in [0.29, 0.717) is 21.3 Å². The van der Waals surface area contributed by atoms with E-state index in [1.54, 1.807) is 6.07 Å². The molecule has 0 saturated heterocycles. The molecule has 0 radical (unpaired) electrons. The Labute approximate surface area is 208 Å². The van der Waals surface area contributed by atoms with E-state index in [1.807, 2.05) is 86.6 Å². The number of anilines is 1. The molecule has 0 aliphatic heterocycles. The molecule has 1 heterocycles. The number of hydrogen-bond acceptors (Lipinski definition) is 4. The minimum atomic E-state index is -0.197. The quantitative estimate of drug-likeness (QED) is 0.292. The first-order chi connectivity index (χ1) is 16.4. The van der Waals surface area contributed by atoms with E-state index in [4.69, 9.17) is 16.6 Å².